The number of hydrogen-bond donors (Lipinski definition) is 1. The molecule has 1 heterocycles. The lowest BCUT2D eigenvalue weighted by molar-refractivity contribution is 1.31. The number of nitrogen functional groups attached to an aromatic ring is 1. The van der Waals surface area contributed by atoms with Crippen LogP contribution in [0.4, 0.5) is 5.82 Å². The van der Waals surface area contributed by atoms with Gasteiger partial charge in [0.25, 0.3) is 0 Å². The summed E-state index contributed by atoms with van der Waals surface area (Å²) in [6.45, 7) is 6.63. The van der Waals surface area contributed by atoms with Crippen molar-refractivity contribution in [1.82, 2.24) is 4.98 Å². The summed E-state index contributed by atoms with van der Waals surface area (Å²) < 4.78 is 0. The summed E-state index contributed by atoms with van der Waals surface area (Å²) in [5.41, 5.74) is 11.7. The van der Waals surface area contributed by atoms with Gasteiger partial charge < -0.3 is 5.73 Å². The first-order valence-corrected chi connectivity index (χ1v) is 10.3. The molecule has 2 rings (SSSR count). The van der Waals surface area contributed by atoms with E-state index in [4.69, 9.17) is 5.73 Å². The molecule has 2 nitrogen and oxygen atoms in total. The number of rotatable bonds is 0. The molecule has 0 bridgehead atoms. The highest BCUT2D eigenvalue weighted by atomic mass is 28.3. The average molecular weight is 290 g/mol. The van der Waals surface area contributed by atoms with E-state index < -0.39 is 8.07 Å². The van der Waals surface area contributed by atoms with Crippen LogP contribution in [-0.2, 0) is 0 Å². The molecule has 0 saturated carbocycles. The van der Waals surface area contributed by atoms with Crippen LogP contribution in [0.5, 0.6) is 0 Å². The highest BCUT2D eigenvalue weighted by Gasteiger charge is 2.07. The Balaban J connectivity index is 2.32. The van der Waals surface area contributed by atoms with Crippen molar-refractivity contribution >= 4 is 13.9 Å². The highest BCUT2D eigenvalue weighted by Crippen LogP contribution is 2.10. The van der Waals surface area contributed by atoms with Gasteiger partial charge in [0.2, 0.25) is 0 Å². The fourth-order valence-electron chi connectivity index (χ4n) is 1.56. The molecule has 0 fully saturated rings. The van der Waals surface area contributed by atoms with E-state index in [0.29, 0.717) is 5.82 Å². The average Bonchev–Trinajstić information content (AvgIpc) is 2.45. The van der Waals surface area contributed by atoms with Crippen molar-refractivity contribution in [2.45, 2.75) is 19.6 Å². The molecule has 3 heteroatoms. The molecule has 0 saturated heterocycles. The molecular weight excluding hydrogens is 272 g/mol. The number of pyridine rings is 1. The molecule has 1 aromatic heterocycles. The van der Waals surface area contributed by atoms with Crippen LogP contribution in [0.1, 0.15) is 16.7 Å². The van der Waals surface area contributed by atoms with E-state index in [0.717, 1.165) is 16.7 Å². The molecular formula is C18H18N2Si. The Morgan fingerprint density at radius 2 is 1.67 bits per heavy atom. The lowest BCUT2D eigenvalue weighted by Gasteiger charge is -2.03. The Morgan fingerprint density at radius 1 is 0.952 bits per heavy atom. The second-order valence-electron chi connectivity index (χ2n) is 5.77. The molecule has 0 amide bonds. The summed E-state index contributed by atoms with van der Waals surface area (Å²) in [6.07, 6.45) is 1.70. The number of nitrogens with two attached hydrogens (primary N) is 1. The number of aromatic nitrogens is 1. The van der Waals surface area contributed by atoms with Crippen molar-refractivity contribution < 1.29 is 0 Å². The largest absolute Gasteiger partial charge is 0.383 e. The van der Waals surface area contributed by atoms with Gasteiger partial charge in [0, 0.05) is 17.3 Å². The van der Waals surface area contributed by atoms with Crippen LogP contribution >= 0.6 is 0 Å². The molecule has 2 N–H and O–H groups in total. The molecule has 0 unspecified atom stereocenters. The Morgan fingerprint density at radius 3 is 2.33 bits per heavy atom. The highest BCUT2D eigenvalue weighted by molar-refractivity contribution is 6.83. The van der Waals surface area contributed by atoms with Crippen molar-refractivity contribution in [3.63, 3.8) is 0 Å². The molecule has 0 aliphatic rings. The molecule has 0 atom stereocenters. The van der Waals surface area contributed by atoms with E-state index in [2.05, 4.69) is 47.9 Å². The van der Waals surface area contributed by atoms with Crippen molar-refractivity contribution in [1.29, 1.82) is 0 Å². The summed E-state index contributed by atoms with van der Waals surface area (Å²) >= 11 is 0. The number of benzene rings is 1. The summed E-state index contributed by atoms with van der Waals surface area (Å²) in [6, 6.07) is 11.7. The first kappa shape index (κ1) is 14.9. The molecule has 0 radical (unpaired) electrons. The van der Waals surface area contributed by atoms with E-state index in [1.165, 1.54) is 0 Å². The molecule has 0 aliphatic carbocycles. The maximum absolute atomic E-state index is 5.88. The zero-order valence-electron chi connectivity index (χ0n) is 12.6. The second kappa shape index (κ2) is 6.30. The van der Waals surface area contributed by atoms with Crippen molar-refractivity contribution in [2.24, 2.45) is 0 Å². The quantitative estimate of drug-likeness (QED) is 0.597. The molecule has 0 aliphatic heterocycles. The zero-order valence-corrected chi connectivity index (χ0v) is 13.6. The summed E-state index contributed by atoms with van der Waals surface area (Å²) in [4.78, 5) is 4.18. The normalized spacial score (nSPS) is 10.0. The van der Waals surface area contributed by atoms with Gasteiger partial charge in [-0.05, 0) is 18.2 Å². The lowest BCUT2D eigenvalue weighted by Crippen LogP contribution is -2.16. The third-order valence-corrected chi connectivity index (χ3v) is 3.49. The zero-order chi connectivity index (χ0) is 15.3. The van der Waals surface area contributed by atoms with Gasteiger partial charge >= 0.3 is 0 Å². The Labute approximate surface area is 127 Å². The van der Waals surface area contributed by atoms with Crippen LogP contribution in [0.25, 0.3) is 0 Å². The van der Waals surface area contributed by atoms with Crippen LogP contribution in [0.3, 0.4) is 0 Å². The Kier molecular flexibility index (Phi) is 4.48. The smallest absolute Gasteiger partial charge is 0.139 e. The van der Waals surface area contributed by atoms with Gasteiger partial charge in [0.15, 0.2) is 0 Å². The number of nitrogens with zero attached hydrogens (tertiary/aromatic N) is 1. The summed E-state index contributed by atoms with van der Waals surface area (Å²) in [5, 5.41) is 0. The van der Waals surface area contributed by atoms with Crippen LogP contribution in [0, 0.1) is 23.3 Å². The van der Waals surface area contributed by atoms with E-state index in [1.54, 1.807) is 6.20 Å². The van der Waals surface area contributed by atoms with Crippen molar-refractivity contribution in [3.05, 3.63) is 59.3 Å². The van der Waals surface area contributed by atoms with Crippen molar-refractivity contribution in [2.75, 3.05) is 5.73 Å². The molecule has 2 aromatic rings. The topological polar surface area (TPSA) is 38.9 Å². The third-order valence-electron chi connectivity index (χ3n) is 2.62. The van der Waals surface area contributed by atoms with E-state index >= 15 is 0 Å². The minimum absolute atomic E-state index is 0.442. The maximum Gasteiger partial charge on any atom is 0.139 e. The van der Waals surface area contributed by atoms with Gasteiger partial charge in [0.1, 0.15) is 13.9 Å². The first-order chi connectivity index (χ1) is 9.94. The van der Waals surface area contributed by atoms with Crippen LogP contribution in [0.2, 0.25) is 19.6 Å². The van der Waals surface area contributed by atoms with Gasteiger partial charge in [-0.1, -0.05) is 55.6 Å². The predicted octanol–water partition coefficient (Wildman–Crippen LogP) is 3.29. The van der Waals surface area contributed by atoms with E-state index in [1.807, 2.05) is 36.4 Å². The van der Waals surface area contributed by atoms with Gasteiger partial charge in [-0.25, -0.2) is 4.98 Å². The molecule has 1 aromatic carbocycles. The van der Waals surface area contributed by atoms with Crippen LogP contribution in [-0.4, -0.2) is 13.1 Å². The number of anilines is 1. The van der Waals surface area contributed by atoms with E-state index in [9.17, 15) is 0 Å². The van der Waals surface area contributed by atoms with Gasteiger partial charge in [-0.15, -0.1) is 5.54 Å². The fraction of sp³-hybridized carbons (Fsp3) is 0.167. The summed E-state index contributed by atoms with van der Waals surface area (Å²) in [5.74, 6) is 9.78. The predicted molar refractivity (Wildman–Crippen MR) is 91.3 cm³/mol. The van der Waals surface area contributed by atoms with E-state index in [-0.39, 0.29) is 0 Å². The molecule has 0 spiro atoms. The van der Waals surface area contributed by atoms with Crippen LogP contribution < -0.4 is 5.73 Å². The second-order valence-corrected chi connectivity index (χ2v) is 10.5. The van der Waals surface area contributed by atoms with Crippen LogP contribution in [0.15, 0.2) is 42.6 Å². The third kappa shape index (κ3) is 4.84. The standard InChI is InChI=1S/C18H18N2Si/c1-21(2,3)12-11-16-13-17(18(19)20-14-16)10-9-15-7-5-4-6-8-15/h4-8,13-14H,1-3H3,(H2,19,20). The minimum atomic E-state index is -1.40. The lowest BCUT2D eigenvalue weighted by atomic mass is 10.1. The Bertz CT molecular complexity index is 751. The maximum atomic E-state index is 5.88. The Hall–Kier alpha value is -2.49. The van der Waals surface area contributed by atoms with Gasteiger partial charge in [0.05, 0.1) is 5.56 Å². The van der Waals surface area contributed by atoms with Gasteiger partial charge in [-0.3, -0.25) is 0 Å². The minimum Gasteiger partial charge on any atom is -0.383 e. The first-order valence-electron chi connectivity index (χ1n) is 6.80. The van der Waals surface area contributed by atoms with Crippen molar-refractivity contribution in [3.8, 4) is 23.3 Å². The summed E-state index contributed by atoms with van der Waals surface area (Å²) in [7, 11) is -1.40. The fourth-order valence-corrected chi connectivity index (χ4v) is 2.08. The van der Waals surface area contributed by atoms with Gasteiger partial charge in [-0.2, -0.15) is 0 Å². The molecule has 21 heavy (non-hydrogen) atoms. The molecule has 104 valence electrons. The number of hydrogen-bond acceptors (Lipinski definition) is 2. The SMILES string of the molecule is C[Si](C)(C)C#Cc1cnc(N)c(C#Cc2ccccc2)c1. The monoisotopic (exact) mass is 290 g/mol.